The third-order valence-electron chi connectivity index (χ3n) is 2.68. The van der Waals surface area contributed by atoms with Crippen LogP contribution in [-0.2, 0) is 0 Å². The highest BCUT2D eigenvalue weighted by molar-refractivity contribution is 5.95. The van der Waals surface area contributed by atoms with E-state index >= 15 is 0 Å². The van der Waals surface area contributed by atoms with Crippen molar-refractivity contribution in [2.45, 2.75) is 6.92 Å². The van der Waals surface area contributed by atoms with E-state index < -0.39 is 0 Å². The van der Waals surface area contributed by atoms with Gasteiger partial charge in [0.05, 0.1) is 5.69 Å². The lowest BCUT2D eigenvalue weighted by Gasteiger charge is -1.99. The van der Waals surface area contributed by atoms with Crippen molar-refractivity contribution >= 4 is 17.1 Å². The van der Waals surface area contributed by atoms with E-state index in [1.165, 1.54) is 17.8 Å². The summed E-state index contributed by atoms with van der Waals surface area (Å²) in [6.07, 6.45) is 2.94. The van der Waals surface area contributed by atoms with E-state index in [9.17, 15) is 4.79 Å². The van der Waals surface area contributed by atoms with Gasteiger partial charge >= 0.3 is 0 Å². The van der Waals surface area contributed by atoms with Gasteiger partial charge in [-0.2, -0.15) is 5.10 Å². The molecule has 7 heteroatoms. The molecule has 0 saturated carbocycles. The van der Waals surface area contributed by atoms with Crippen LogP contribution in [0.25, 0.3) is 16.9 Å². The van der Waals surface area contributed by atoms with E-state index in [4.69, 9.17) is 5.73 Å². The number of hydrogen-bond donors (Lipinski definition) is 1. The van der Waals surface area contributed by atoms with E-state index in [2.05, 4.69) is 20.1 Å². The Labute approximate surface area is 108 Å². The Kier molecular flexibility index (Phi) is 2.45. The Morgan fingerprint density at radius 1 is 1.32 bits per heavy atom. The van der Waals surface area contributed by atoms with Gasteiger partial charge in [0.1, 0.15) is 17.5 Å². The standard InChI is InChI=1S/C12H10N6O/c1-7(19)12-17-9(8-4-2-3-5-14-8)10-11(13)15-6-16-18(10)12/h2-6H,1H3,(H2,13,15,16). The molecule has 3 aromatic heterocycles. The minimum atomic E-state index is -0.199. The normalized spacial score (nSPS) is 10.8. The van der Waals surface area contributed by atoms with Gasteiger partial charge in [-0.15, -0.1) is 0 Å². The number of pyridine rings is 1. The van der Waals surface area contributed by atoms with E-state index in [1.807, 2.05) is 6.07 Å². The van der Waals surface area contributed by atoms with Crippen LogP contribution in [0.4, 0.5) is 5.82 Å². The number of nitrogens with zero attached hydrogens (tertiary/aromatic N) is 5. The molecule has 0 aromatic carbocycles. The number of aromatic nitrogens is 5. The molecule has 0 saturated heterocycles. The second-order valence-electron chi connectivity index (χ2n) is 3.96. The lowest BCUT2D eigenvalue weighted by molar-refractivity contribution is 0.100. The predicted molar refractivity (Wildman–Crippen MR) is 68.4 cm³/mol. The van der Waals surface area contributed by atoms with Crippen LogP contribution in [0.3, 0.4) is 0 Å². The Balaban J connectivity index is 2.40. The summed E-state index contributed by atoms with van der Waals surface area (Å²) in [5.74, 6) is 0.274. The molecule has 0 spiro atoms. The number of imidazole rings is 1. The number of nitrogens with two attached hydrogens (primary N) is 1. The lowest BCUT2D eigenvalue weighted by Crippen LogP contribution is -2.05. The monoisotopic (exact) mass is 254 g/mol. The molecule has 0 unspecified atom stereocenters. The van der Waals surface area contributed by atoms with Crippen molar-refractivity contribution in [3.8, 4) is 11.4 Å². The number of anilines is 1. The van der Waals surface area contributed by atoms with Gasteiger partial charge in [0.25, 0.3) is 0 Å². The summed E-state index contributed by atoms with van der Waals surface area (Å²) in [5, 5.41) is 4.02. The van der Waals surface area contributed by atoms with Crippen molar-refractivity contribution in [3.63, 3.8) is 0 Å². The van der Waals surface area contributed by atoms with E-state index in [0.29, 0.717) is 16.9 Å². The first-order valence-corrected chi connectivity index (χ1v) is 5.60. The summed E-state index contributed by atoms with van der Waals surface area (Å²) in [5.41, 5.74) is 7.47. The first-order valence-electron chi connectivity index (χ1n) is 5.60. The molecule has 0 radical (unpaired) electrons. The fraction of sp³-hybridized carbons (Fsp3) is 0.0833. The average molecular weight is 254 g/mol. The highest BCUT2D eigenvalue weighted by Crippen LogP contribution is 2.25. The molecule has 19 heavy (non-hydrogen) atoms. The molecule has 0 amide bonds. The molecule has 3 rings (SSSR count). The molecule has 0 bridgehead atoms. The smallest absolute Gasteiger partial charge is 0.198 e. The second-order valence-corrected chi connectivity index (χ2v) is 3.96. The number of fused-ring (bicyclic) bond motifs is 1. The third-order valence-corrected chi connectivity index (χ3v) is 2.68. The molecule has 94 valence electrons. The summed E-state index contributed by atoms with van der Waals surface area (Å²) >= 11 is 0. The summed E-state index contributed by atoms with van der Waals surface area (Å²) in [6, 6.07) is 5.42. The number of carbonyl (C=O) groups is 1. The third kappa shape index (κ3) is 1.71. The molecule has 0 aliphatic heterocycles. The molecule has 0 atom stereocenters. The molecule has 0 aliphatic rings. The highest BCUT2D eigenvalue weighted by atomic mass is 16.1. The molecule has 0 fully saturated rings. The first kappa shape index (κ1) is 11.3. The molecule has 2 N–H and O–H groups in total. The molecule has 3 aromatic rings. The second kappa shape index (κ2) is 4.13. The number of rotatable bonds is 2. The summed E-state index contributed by atoms with van der Waals surface area (Å²) in [4.78, 5) is 24.0. The van der Waals surface area contributed by atoms with E-state index in [0.717, 1.165) is 0 Å². The van der Waals surface area contributed by atoms with Crippen LogP contribution in [0, 0.1) is 0 Å². The fourth-order valence-electron chi connectivity index (χ4n) is 1.86. The molecular weight excluding hydrogens is 244 g/mol. The zero-order valence-electron chi connectivity index (χ0n) is 10.1. The van der Waals surface area contributed by atoms with Crippen LogP contribution >= 0.6 is 0 Å². The first-order chi connectivity index (χ1) is 9.18. The summed E-state index contributed by atoms with van der Waals surface area (Å²) < 4.78 is 1.40. The van der Waals surface area contributed by atoms with Gasteiger partial charge in [-0.05, 0) is 12.1 Å². The zero-order valence-corrected chi connectivity index (χ0v) is 10.1. The van der Waals surface area contributed by atoms with Crippen molar-refractivity contribution in [2.75, 3.05) is 5.73 Å². The lowest BCUT2D eigenvalue weighted by atomic mass is 10.2. The largest absolute Gasteiger partial charge is 0.382 e. The maximum atomic E-state index is 11.6. The Hall–Kier alpha value is -2.83. The predicted octanol–water partition coefficient (Wildman–Crippen LogP) is 0.971. The minimum Gasteiger partial charge on any atom is -0.382 e. The number of carbonyl (C=O) groups excluding carboxylic acids is 1. The van der Waals surface area contributed by atoms with Crippen LogP contribution in [0.2, 0.25) is 0 Å². The number of hydrogen-bond acceptors (Lipinski definition) is 6. The number of nitrogen functional groups attached to an aromatic ring is 1. The van der Waals surface area contributed by atoms with Crippen LogP contribution < -0.4 is 5.73 Å². The van der Waals surface area contributed by atoms with Gasteiger partial charge in [0.2, 0.25) is 0 Å². The maximum absolute atomic E-state index is 11.6. The van der Waals surface area contributed by atoms with Gasteiger partial charge in [0.15, 0.2) is 17.4 Å². The average Bonchev–Trinajstić information content (AvgIpc) is 2.81. The SMILES string of the molecule is CC(=O)c1nc(-c2ccccn2)c2c(N)ncnn12. The van der Waals surface area contributed by atoms with Crippen LogP contribution in [0.5, 0.6) is 0 Å². The molecule has 3 heterocycles. The number of ketones is 1. The van der Waals surface area contributed by atoms with Gasteiger partial charge in [-0.3, -0.25) is 9.78 Å². The van der Waals surface area contributed by atoms with Crippen molar-refractivity contribution < 1.29 is 4.79 Å². The molecule has 7 nitrogen and oxygen atoms in total. The van der Waals surface area contributed by atoms with E-state index in [1.54, 1.807) is 18.3 Å². The maximum Gasteiger partial charge on any atom is 0.198 e. The minimum absolute atomic E-state index is 0.199. The van der Waals surface area contributed by atoms with Crippen LogP contribution in [-0.4, -0.2) is 30.3 Å². The van der Waals surface area contributed by atoms with Crippen molar-refractivity contribution in [2.24, 2.45) is 0 Å². The van der Waals surface area contributed by atoms with Crippen molar-refractivity contribution in [1.82, 2.24) is 24.6 Å². The fourth-order valence-corrected chi connectivity index (χ4v) is 1.86. The summed E-state index contributed by atoms with van der Waals surface area (Å²) in [6.45, 7) is 1.43. The quantitative estimate of drug-likeness (QED) is 0.684. The van der Waals surface area contributed by atoms with Gasteiger partial charge in [0, 0.05) is 13.1 Å². The van der Waals surface area contributed by atoms with Gasteiger partial charge in [-0.25, -0.2) is 14.5 Å². The Morgan fingerprint density at radius 2 is 2.16 bits per heavy atom. The zero-order chi connectivity index (χ0) is 13.4. The van der Waals surface area contributed by atoms with Crippen molar-refractivity contribution in [1.29, 1.82) is 0 Å². The van der Waals surface area contributed by atoms with Crippen LogP contribution in [0.1, 0.15) is 17.5 Å². The van der Waals surface area contributed by atoms with Gasteiger partial charge < -0.3 is 5.73 Å². The highest BCUT2D eigenvalue weighted by Gasteiger charge is 2.19. The van der Waals surface area contributed by atoms with Crippen LogP contribution in [0.15, 0.2) is 30.7 Å². The Morgan fingerprint density at radius 3 is 2.84 bits per heavy atom. The van der Waals surface area contributed by atoms with Gasteiger partial charge in [-0.1, -0.05) is 6.07 Å². The number of Topliss-reactive ketones (excluding diaryl/α,β-unsaturated/α-hetero) is 1. The molecular formula is C12H10N6O. The molecule has 0 aliphatic carbocycles. The Bertz CT molecular complexity index is 764. The van der Waals surface area contributed by atoms with E-state index in [-0.39, 0.29) is 17.4 Å². The van der Waals surface area contributed by atoms with Crippen molar-refractivity contribution in [3.05, 3.63) is 36.5 Å². The topological polar surface area (TPSA) is 99.1 Å². The summed E-state index contributed by atoms with van der Waals surface area (Å²) in [7, 11) is 0.